The molecule has 0 saturated carbocycles. The van der Waals surface area contributed by atoms with Gasteiger partial charge in [-0.05, 0) is 33.1 Å². The number of rotatable bonds is 3. The normalized spacial score (nSPS) is 31.3. The zero-order chi connectivity index (χ0) is 16.0. The quantitative estimate of drug-likeness (QED) is 0.438. The van der Waals surface area contributed by atoms with E-state index in [9.17, 15) is 0 Å². The maximum absolute atomic E-state index is 6.05. The van der Waals surface area contributed by atoms with E-state index in [1.165, 1.54) is 18.4 Å². The van der Waals surface area contributed by atoms with Crippen molar-refractivity contribution in [3.63, 3.8) is 0 Å². The van der Waals surface area contributed by atoms with Gasteiger partial charge in [-0.25, -0.2) is 0 Å². The third-order valence-corrected chi connectivity index (χ3v) is 5.80. The highest BCUT2D eigenvalue weighted by Crippen LogP contribution is 2.47. The Labute approximate surface area is 160 Å². The molecule has 0 aromatic carbocycles. The number of nitrogens with zero attached hydrogens (tertiary/aromatic N) is 3. The molecule has 6 nitrogen and oxygen atoms in total. The molecule has 4 heterocycles. The van der Waals surface area contributed by atoms with Gasteiger partial charge in [-0.3, -0.25) is 4.99 Å². The van der Waals surface area contributed by atoms with Crippen LogP contribution in [0, 0.1) is 25.7 Å². The molecule has 0 radical (unpaired) electrons. The molecule has 1 aromatic heterocycles. The van der Waals surface area contributed by atoms with E-state index >= 15 is 0 Å². The van der Waals surface area contributed by atoms with Gasteiger partial charge < -0.3 is 19.5 Å². The van der Waals surface area contributed by atoms with Crippen molar-refractivity contribution in [2.45, 2.75) is 45.3 Å². The first kappa shape index (κ1) is 18.0. The van der Waals surface area contributed by atoms with Crippen LogP contribution in [0.15, 0.2) is 9.52 Å². The fraction of sp³-hybridized carbons (Fsp3) is 0.765. The van der Waals surface area contributed by atoms with Crippen LogP contribution in [0.2, 0.25) is 0 Å². The van der Waals surface area contributed by atoms with Gasteiger partial charge in [0.2, 0.25) is 0 Å². The second-order valence-corrected chi connectivity index (χ2v) is 7.05. The second kappa shape index (κ2) is 7.19. The van der Waals surface area contributed by atoms with Gasteiger partial charge in [-0.2, -0.15) is 0 Å². The highest BCUT2D eigenvalue weighted by atomic mass is 127. The van der Waals surface area contributed by atoms with Crippen molar-refractivity contribution in [3.05, 3.63) is 17.0 Å². The van der Waals surface area contributed by atoms with E-state index in [1.807, 2.05) is 20.9 Å². The van der Waals surface area contributed by atoms with E-state index < -0.39 is 0 Å². The molecule has 0 amide bonds. The van der Waals surface area contributed by atoms with Crippen molar-refractivity contribution in [2.75, 3.05) is 26.7 Å². The lowest BCUT2D eigenvalue weighted by Gasteiger charge is -2.23. The predicted octanol–water partition coefficient (Wildman–Crippen LogP) is 2.14. The van der Waals surface area contributed by atoms with Crippen molar-refractivity contribution in [1.82, 2.24) is 15.4 Å². The zero-order valence-electron chi connectivity index (χ0n) is 14.6. The fourth-order valence-corrected chi connectivity index (χ4v) is 4.62. The summed E-state index contributed by atoms with van der Waals surface area (Å²) in [6.45, 7) is 6.98. The first-order chi connectivity index (χ1) is 11.2. The van der Waals surface area contributed by atoms with Gasteiger partial charge in [0.25, 0.3) is 0 Å². The number of guanidine groups is 1. The number of hydrogen-bond donors (Lipinski definition) is 1. The summed E-state index contributed by atoms with van der Waals surface area (Å²) in [5.41, 5.74) is 2.20. The van der Waals surface area contributed by atoms with Crippen LogP contribution in [-0.4, -0.2) is 54.9 Å². The van der Waals surface area contributed by atoms with Crippen LogP contribution < -0.4 is 5.32 Å². The number of ether oxygens (including phenoxy) is 1. The molecule has 134 valence electrons. The van der Waals surface area contributed by atoms with E-state index in [0.29, 0.717) is 24.0 Å². The maximum Gasteiger partial charge on any atom is 0.193 e. The Morgan fingerprint density at radius 1 is 1.25 bits per heavy atom. The lowest BCUT2D eigenvalue weighted by atomic mass is 9.82. The topological polar surface area (TPSA) is 62.9 Å². The van der Waals surface area contributed by atoms with Crippen LogP contribution in [0.1, 0.15) is 29.9 Å². The summed E-state index contributed by atoms with van der Waals surface area (Å²) in [6, 6.07) is 0. The molecule has 4 atom stereocenters. The summed E-state index contributed by atoms with van der Waals surface area (Å²) >= 11 is 0. The fourth-order valence-electron chi connectivity index (χ4n) is 4.62. The molecule has 7 heteroatoms. The zero-order valence-corrected chi connectivity index (χ0v) is 16.9. The average Bonchev–Trinajstić information content (AvgIpc) is 3.28. The molecular weight excluding hydrogens is 419 g/mol. The smallest absolute Gasteiger partial charge is 0.193 e. The average molecular weight is 446 g/mol. The summed E-state index contributed by atoms with van der Waals surface area (Å²) in [6.07, 6.45) is 4.40. The number of aryl methyl sites for hydroxylation is 2. The highest BCUT2D eigenvalue weighted by Gasteiger charge is 2.53. The van der Waals surface area contributed by atoms with Gasteiger partial charge >= 0.3 is 0 Å². The number of hydrogen-bond acceptors (Lipinski definition) is 4. The number of aromatic nitrogens is 1. The largest absolute Gasteiger partial charge is 0.374 e. The lowest BCUT2D eigenvalue weighted by Crippen LogP contribution is -2.42. The number of fused-ring (bicyclic) bond motifs is 5. The molecule has 1 aromatic rings. The summed E-state index contributed by atoms with van der Waals surface area (Å²) in [5.74, 6) is 3.35. The molecule has 0 aliphatic carbocycles. The van der Waals surface area contributed by atoms with Crippen molar-refractivity contribution in [1.29, 1.82) is 0 Å². The Kier molecular flexibility index (Phi) is 5.39. The molecule has 0 spiro atoms. The first-order valence-electron chi connectivity index (χ1n) is 8.70. The lowest BCUT2D eigenvalue weighted by molar-refractivity contribution is 0.0767. The third-order valence-electron chi connectivity index (χ3n) is 5.80. The van der Waals surface area contributed by atoms with Crippen molar-refractivity contribution < 1.29 is 9.26 Å². The second-order valence-electron chi connectivity index (χ2n) is 7.05. The Balaban J connectivity index is 0.00000169. The Hall–Kier alpha value is -0.830. The van der Waals surface area contributed by atoms with Gasteiger partial charge in [0.1, 0.15) is 5.76 Å². The van der Waals surface area contributed by atoms with E-state index in [0.717, 1.165) is 43.5 Å². The Morgan fingerprint density at radius 2 is 1.92 bits per heavy atom. The molecule has 3 aliphatic heterocycles. The molecule has 3 saturated heterocycles. The van der Waals surface area contributed by atoms with Crippen LogP contribution in [0.5, 0.6) is 0 Å². The van der Waals surface area contributed by atoms with E-state index in [4.69, 9.17) is 9.26 Å². The first-order valence-corrected chi connectivity index (χ1v) is 8.70. The van der Waals surface area contributed by atoms with Crippen LogP contribution >= 0.6 is 24.0 Å². The van der Waals surface area contributed by atoms with E-state index in [2.05, 4.69) is 20.4 Å². The minimum absolute atomic E-state index is 0. The predicted molar refractivity (Wildman–Crippen MR) is 103 cm³/mol. The summed E-state index contributed by atoms with van der Waals surface area (Å²) in [4.78, 5) is 6.90. The number of nitrogens with one attached hydrogen (secondary N) is 1. The van der Waals surface area contributed by atoms with Gasteiger partial charge in [-0.1, -0.05) is 5.16 Å². The number of aliphatic imine (C=N–C) groups is 1. The number of likely N-dealkylation sites (tertiary alicyclic amines) is 1. The van der Waals surface area contributed by atoms with Gasteiger partial charge in [0.05, 0.1) is 17.9 Å². The molecular formula is C17H27IN4O2. The standard InChI is InChI=1S/C17H26N4O2.HI/c1-10-12(11(2)23-20-10)6-7-19-17(18-3)21-8-13-14(9-21)16-5-4-15(13)22-16;/h13-16H,4-9H2,1-3H3,(H,18,19);1H. The Morgan fingerprint density at radius 3 is 2.46 bits per heavy atom. The highest BCUT2D eigenvalue weighted by molar-refractivity contribution is 14.0. The third kappa shape index (κ3) is 3.05. The minimum Gasteiger partial charge on any atom is -0.374 e. The van der Waals surface area contributed by atoms with Gasteiger partial charge in [0.15, 0.2) is 5.96 Å². The monoisotopic (exact) mass is 446 g/mol. The van der Waals surface area contributed by atoms with Crippen molar-refractivity contribution in [2.24, 2.45) is 16.8 Å². The van der Waals surface area contributed by atoms with E-state index in [1.54, 1.807) is 0 Å². The number of halogens is 1. The van der Waals surface area contributed by atoms with Crippen molar-refractivity contribution in [3.8, 4) is 0 Å². The molecule has 3 fully saturated rings. The summed E-state index contributed by atoms with van der Waals surface area (Å²) in [7, 11) is 1.87. The molecule has 4 unspecified atom stereocenters. The van der Waals surface area contributed by atoms with Crippen LogP contribution in [-0.2, 0) is 11.2 Å². The van der Waals surface area contributed by atoms with Gasteiger partial charge in [-0.15, -0.1) is 24.0 Å². The molecule has 4 rings (SSSR count). The molecule has 1 N–H and O–H groups in total. The Bertz CT molecular complexity index is 580. The molecule has 2 bridgehead atoms. The minimum atomic E-state index is 0. The van der Waals surface area contributed by atoms with E-state index in [-0.39, 0.29) is 24.0 Å². The molecule has 24 heavy (non-hydrogen) atoms. The summed E-state index contributed by atoms with van der Waals surface area (Å²) < 4.78 is 11.3. The SMILES string of the molecule is CN=C(NCCc1c(C)noc1C)N1CC2C3CCC(O3)C2C1.I. The van der Waals surface area contributed by atoms with Crippen LogP contribution in [0.3, 0.4) is 0 Å². The van der Waals surface area contributed by atoms with Crippen molar-refractivity contribution >= 4 is 29.9 Å². The van der Waals surface area contributed by atoms with Crippen LogP contribution in [0.25, 0.3) is 0 Å². The van der Waals surface area contributed by atoms with Crippen LogP contribution in [0.4, 0.5) is 0 Å². The maximum atomic E-state index is 6.05. The van der Waals surface area contributed by atoms with Gasteiger partial charge in [0, 0.05) is 44.1 Å². The summed E-state index contributed by atoms with van der Waals surface area (Å²) in [5, 5.41) is 7.53. The molecule has 3 aliphatic rings.